The van der Waals surface area contributed by atoms with Crippen molar-refractivity contribution in [2.75, 3.05) is 5.73 Å². The van der Waals surface area contributed by atoms with Gasteiger partial charge in [0.25, 0.3) is 0 Å². The SMILES string of the molecule is CC(CCC(=O)O)Sc1cc(Br)ccc1N. The number of rotatable bonds is 5. The third-order valence-corrected chi connectivity index (χ3v) is 3.81. The number of thioether (sulfide) groups is 1. The molecule has 1 rings (SSSR count). The number of benzene rings is 1. The summed E-state index contributed by atoms with van der Waals surface area (Å²) < 4.78 is 0.981. The highest BCUT2D eigenvalue weighted by atomic mass is 79.9. The second-order valence-corrected chi connectivity index (χ2v) is 5.94. The Balaban J connectivity index is 2.58. The molecule has 1 aromatic carbocycles. The molecule has 0 aliphatic heterocycles. The number of anilines is 1. The molecule has 3 nitrogen and oxygen atoms in total. The Morgan fingerprint density at radius 3 is 2.94 bits per heavy atom. The van der Waals surface area contributed by atoms with E-state index in [4.69, 9.17) is 10.8 Å². The van der Waals surface area contributed by atoms with Gasteiger partial charge in [-0.15, -0.1) is 11.8 Å². The lowest BCUT2D eigenvalue weighted by atomic mass is 10.2. The monoisotopic (exact) mass is 303 g/mol. The van der Waals surface area contributed by atoms with Gasteiger partial charge in [0.1, 0.15) is 0 Å². The van der Waals surface area contributed by atoms with Gasteiger partial charge in [0, 0.05) is 26.7 Å². The fourth-order valence-corrected chi connectivity index (χ4v) is 2.79. The Morgan fingerprint density at radius 1 is 1.62 bits per heavy atom. The number of carbonyl (C=O) groups is 1. The second-order valence-electron chi connectivity index (χ2n) is 3.54. The number of hydrogen-bond acceptors (Lipinski definition) is 3. The average Bonchev–Trinajstić information content (AvgIpc) is 2.20. The molecule has 1 aromatic rings. The molecule has 1 unspecified atom stereocenters. The van der Waals surface area contributed by atoms with Crippen LogP contribution < -0.4 is 5.73 Å². The van der Waals surface area contributed by atoms with Gasteiger partial charge in [-0.3, -0.25) is 4.79 Å². The van der Waals surface area contributed by atoms with Gasteiger partial charge in [-0.1, -0.05) is 22.9 Å². The molecule has 0 bridgehead atoms. The van der Waals surface area contributed by atoms with Crippen LogP contribution >= 0.6 is 27.7 Å². The number of halogens is 1. The van der Waals surface area contributed by atoms with Gasteiger partial charge in [0.15, 0.2) is 0 Å². The third kappa shape index (κ3) is 4.45. The number of nitrogen functional groups attached to an aromatic ring is 1. The first-order valence-electron chi connectivity index (χ1n) is 4.92. The van der Waals surface area contributed by atoms with E-state index < -0.39 is 5.97 Å². The molecule has 0 aliphatic carbocycles. The van der Waals surface area contributed by atoms with Crippen molar-refractivity contribution >= 4 is 39.3 Å². The zero-order chi connectivity index (χ0) is 12.1. The highest BCUT2D eigenvalue weighted by Gasteiger charge is 2.09. The maximum atomic E-state index is 10.4. The van der Waals surface area contributed by atoms with Crippen molar-refractivity contribution in [1.82, 2.24) is 0 Å². The first-order valence-corrected chi connectivity index (χ1v) is 6.60. The van der Waals surface area contributed by atoms with Crippen molar-refractivity contribution in [3.63, 3.8) is 0 Å². The molecule has 5 heteroatoms. The van der Waals surface area contributed by atoms with Gasteiger partial charge in [0.2, 0.25) is 0 Å². The number of carboxylic acid groups (broad SMARTS) is 1. The van der Waals surface area contributed by atoms with Crippen LogP contribution in [0.4, 0.5) is 5.69 Å². The van der Waals surface area contributed by atoms with Gasteiger partial charge >= 0.3 is 5.97 Å². The molecule has 0 spiro atoms. The van der Waals surface area contributed by atoms with Crippen molar-refractivity contribution in [3.05, 3.63) is 22.7 Å². The van der Waals surface area contributed by atoms with Crippen molar-refractivity contribution in [2.24, 2.45) is 0 Å². The van der Waals surface area contributed by atoms with E-state index in [0.29, 0.717) is 6.42 Å². The molecule has 0 amide bonds. The standard InChI is InChI=1S/C11H14BrNO2S/c1-7(2-5-11(14)15)16-10-6-8(12)3-4-9(10)13/h3-4,6-7H,2,5,13H2,1H3,(H,14,15). The molecule has 0 saturated carbocycles. The van der Waals surface area contributed by atoms with Crippen LogP contribution in [0.15, 0.2) is 27.6 Å². The van der Waals surface area contributed by atoms with E-state index in [-0.39, 0.29) is 11.7 Å². The van der Waals surface area contributed by atoms with Crippen LogP contribution in [0.5, 0.6) is 0 Å². The maximum Gasteiger partial charge on any atom is 0.303 e. The average molecular weight is 304 g/mol. The zero-order valence-corrected chi connectivity index (χ0v) is 11.3. The molecule has 0 radical (unpaired) electrons. The zero-order valence-electron chi connectivity index (χ0n) is 8.94. The minimum Gasteiger partial charge on any atom is -0.481 e. The molecule has 0 aromatic heterocycles. The number of aliphatic carboxylic acids is 1. The summed E-state index contributed by atoms with van der Waals surface area (Å²) in [5, 5.41) is 8.83. The highest BCUT2D eigenvalue weighted by molar-refractivity contribution is 9.10. The Kier molecular flexibility index (Phi) is 5.15. The van der Waals surface area contributed by atoms with E-state index in [1.807, 2.05) is 25.1 Å². The second kappa shape index (κ2) is 6.15. The van der Waals surface area contributed by atoms with Gasteiger partial charge < -0.3 is 10.8 Å². The van der Waals surface area contributed by atoms with Gasteiger partial charge in [0.05, 0.1) is 0 Å². The number of nitrogens with two attached hydrogens (primary N) is 1. The minimum absolute atomic E-state index is 0.197. The predicted molar refractivity (Wildman–Crippen MR) is 70.7 cm³/mol. The van der Waals surface area contributed by atoms with E-state index in [1.165, 1.54) is 0 Å². The molecular weight excluding hydrogens is 290 g/mol. The maximum absolute atomic E-state index is 10.4. The first-order chi connectivity index (χ1) is 7.49. The molecule has 0 saturated heterocycles. The molecule has 0 heterocycles. The van der Waals surface area contributed by atoms with E-state index in [1.54, 1.807) is 11.8 Å². The molecule has 0 aliphatic rings. The molecule has 3 N–H and O–H groups in total. The van der Waals surface area contributed by atoms with Gasteiger partial charge in [-0.2, -0.15) is 0 Å². The van der Waals surface area contributed by atoms with Crippen molar-refractivity contribution in [2.45, 2.75) is 29.9 Å². The van der Waals surface area contributed by atoms with E-state index >= 15 is 0 Å². The van der Waals surface area contributed by atoms with Crippen molar-refractivity contribution in [3.8, 4) is 0 Å². The van der Waals surface area contributed by atoms with Gasteiger partial charge in [-0.25, -0.2) is 0 Å². The van der Waals surface area contributed by atoms with Crippen LogP contribution in [0.25, 0.3) is 0 Å². The summed E-state index contributed by atoms with van der Waals surface area (Å²) in [7, 11) is 0. The van der Waals surface area contributed by atoms with E-state index in [2.05, 4.69) is 15.9 Å². The molecule has 0 fully saturated rings. The third-order valence-electron chi connectivity index (χ3n) is 2.07. The van der Waals surface area contributed by atoms with E-state index in [0.717, 1.165) is 15.1 Å². The molecule has 1 atom stereocenters. The fourth-order valence-electron chi connectivity index (χ4n) is 1.21. The Hall–Kier alpha value is -0.680. The lowest BCUT2D eigenvalue weighted by molar-refractivity contribution is -0.137. The quantitative estimate of drug-likeness (QED) is 0.646. The predicted octanol–water partition coefficient (Wildman–Crippen LogP) is 3.38. The number of carboxylic acids is 1. The Labute approximate surface area is 108 Å². The Bertz CT molecular complexity index is 384. The molecule has 16 heavy (non-hydrogen) atoms. The van der Waals surface area contributed by atoms with E-state index in [9.17, 15) is 4.79 Å². The highest BCUT2D eigenvalue weighted by Crippen LogP contribution is 2.32. The summed E-state index contributed by atoms with van der Waals surface area (Å²) in [6.45, 7) is 2.01. The summed E-state index contributed by atoms with van der Waals surface area (Å²) in [5.74, 6) is -0.755. The van der Waals surface area contributed by atoms with Crippen LogP contribution in [0.1, 0.15) is 19.8 Å². The first kappa shape index (κ1) is 13.4. The molecular formula is C11H14BrNO2S. The topological polar surface area (TPSA) is 63.3 Å². The van der Waals surface area contributed by atoms with Crippen LogP contribution in [-0.4, -0.2) is 16.3 Å². The lowest BCUT2D eigenvalue weighted by Crippen LogP contribution is -2.02. The van der Waals surface area contributed by atoms with Crippen molar-refractivity contribution < 1.29 is 9.90 Å². The van der Waals surface area contributed by atoms with Crippen LogP contribution in [0.2, 0.25) is 0 Å². The van der Waals surface area contributed by atoms with Crippen molar-refractivity contribution in [1.29, 1.82) is 0 Å². The summed E-state index contributed by atoms with van der Waals surface area (Å²) in [6, 6.07) is 5.69. The summed E-state index contributed by atoms with van der Waals surface area (Å²) >= 11 is 4.99. The summed E-state index contributed by atoms with van der Waals surface area (Å²) in [4.78, 5) is 11.4. The smallest absolute Gasteiger partial charge is 0.303 e. The Morgan fingerprint density at radius 2 is 2.31 bits per heavy atom. The summed E-state index contributed by atoms with van der Waals surface area (Å²) in [5.41, 5.74) is 6.57. The number of hydrogen-bond donors (Lipinski definition) is 2. The normalized spacial score (nSPS) is 12.4. The van der Waals surface area contributed by atoms with Crippen LogP contribution in [0, 0.1) is 0 Å². The molecule has 88 valence electrons. The summed E-state index contributed by atoms with van der Waals surface area (Å²) in [6.07, 6.45) is 0.841. The van der Waals surface area contributed by atoms with Gasteiger partial charge in [-0.05, 0) is 24.6 Å². The fraction of sp³-hybridized carbons (Fsp3) is 0.364. The van der Waals surface area contributed by atoms with Crippen LogP contribution in [-0.2, 0) is 4.79 Å². The lowest BCUT2D eigenvalue weighted by Gasteiger charge is -2.11. The van der Waals surface area contributed by atoms with Crippen LogP contribution in [0.3, 0.4) is 0 Å². The minimum atomic E-state index is -0.755. The largest absolute Gasteiger partial charge is 0.481 e.